The van der Waals surface area contributed by atoms with Crippen LogP contribution in [0.4, 0.5) is 5.82 Å². The zero-order valence-corrected chi connectivity index (χ0v) is 8.27. The molecule has 5 heteroatoms. The molecule has 2 aromatic heterocycles. The second kappa shape index (κ2) is 2.82. The third-order valence-corrected chi connectivity index (χ3v) is 2.42. The maximum Gasteiger partial charge on any atom is 0.242 e. The number of hydrogen-bond donors (Lipinski definition) is 0. The number of hydrogen-bond acceptors (Lipinski definition) is 3. The van der Waals surface area contributed by atoms with Crippen LogP contribution >= 0.6 is 0 Å². The summed E-state index contributed by atoms with van der Waals surface area (Å²) in [4.78, 5) is 18.1. The zero-order chi connectivity index (χ0) is 10.3. The summed E-state index contributed by atoms with van der Waals surface area (Å²) in [6.45, 7) is 3.93. The van der Waals surface area contributed by atoms with Gasteiger partial charge in [0.25, 0.3) is 0 Å². The molecular formula is C9H10N4O. The summed E-state index contributed by atoms with van der Waals surface area (Å²) in [5.74, 6) is 1.35. The molecule has 0 saturated heterocycles. The first-order chi connectivity index (χ1) is 6.65. The first-order valence-electron chi connectivity index (χ1n) is 4.24. The molecule has 0 aromatic carbocycles. The Kier molecular flexibility index (Phi) is 1.75. The molecule has 0 aliphatic carbocycles. The summed E-state index contributed by atoms with van der Waals surface area (Å²) >= 11 is 0. The van der Waals surface area contributed by atoms with Gasteiger partial charge in [0.05, 0.1) is 11.9 Å². The highest BCUT2D eigenvalue weighted by molar-refractivity contribution is 5.51. The highest BCUT2D eigenvalue weighted by Crippen LogP contribution is 2.19. The molecule has 0 saturated carbocycles. The fourth-order valence-electron chi connectivity index (χ4n) is 1.46. The van der Waals surface area contributed by atoms with Gasteiger partial charge in [0.2, 0.25) is 11.9 Å². The van der Waals surface area contributed by atoms with Crippen LogP contribution in [0.15, 0.2) is 11.2 Å². The fraction of sp³-hybridized carbons (Fsp3) is 0.333. The number of aliphatic imine (C=N–C) groups is 1. The largest absolute Gasteiger partial charge is 0.297 e. The number of imidazole rings is 2. The summed E-state index contributed by atoms with van der Waals surface area (Å²) in [7, 11) is 1.82. The van der Waals surface area contributed by atoms with Crippen LogP contribution in [0.25, 0.3) is 5.78 Å². The highest BCUT2D eigenvalue weighted by atomic mass is 16.1. The lowest BCUT2D eigenvalue weighted by atomic mass is 10.4. The van der Waals surface area contributed by atoms with Crippen LogP contribution in [-0.2, 0) is 11.8 Å². The summed E-state index contributed by atoms with van der Waals surface area (Å²) < 4.78 is 3.66. The lowest BCUT2D eigenvalue weighted by molar-refractivity contribution is 0.565. The molecule has 0 fully saturated rings. The first-order valence-corrected chi connectivity index (χ1v) is 4.24. The van der Waals surface area contributed by atoms with Crippen LogP contribution in [0, 0.1) is 13.8 Å². The average Bonchev–Trinajstić information content (AvgIpc) is 2.59. The third kappa shape index (κ3) is 0.995. The second-order valence-electron chi connectivity index (χ2n) is 3.20. The monoisotopic (exact) mass is 190 g/mol. The minimum Gasteiger partial charge on any atom is -0.297 e. The van der Waals surface area contributed by atoms with Crippen LogP contribution in [0.5, 0.6) is 0 Å². The van der Waals surface area contributed by atoms with Gasteiger partial charge in [-0.3, -0.25) is 8.97 Å². The molecule has 14 heavy (non-hydrogen) atoms. The molecule has 0 aliphatic rings. The van der Waals surface area contributed by atoms with Crippen molar-refractivity contribution in [1.82, 2.24) is 14.0 Å². The van der Waals surface area contributed by atoms with Gasteiger partial charge in [-0.1, -0.05) is 0 Å². The fourth-order valence-corrected chi connectivity index (χ4v) is 1.46. The van der Waals surface area contributed by atoms with Crippen LogP contribution in [-0.4, -0.2) is 20.0 Å². The number of aryl methyl sites for hydroxylation is 3. The zero-order valence-electron chi connectivity index (χ0n) is 8.27. The normalized spacial score (nSPS) is 10.5. The number of fused-ring (bicyclic) bond motifs is 1. The van der Waals surface area contributed by atoms with Crippen LogP contribution in [0.3, 0.4) is 0 Å². The van der Waals surface area contributed by atoms with E-state index in [4.69, 9.17) is 0 Å². The number of carbonyl (C=O) groups excluding carboxylic acids is 1. The second-order valence-corrected chi connectivity index (χ2v) is 3.20. The van der Waals surface area contributed by atoms with E-state index in [1.165, 1.54) is 6.08 Å². The van der Waals surface area contributed by atoms with E-state index in [1.807, 2.05) is 25.3 Å². The molecule has 0 radical (unpaired) electrons. The standard InChI is InChI=1S/C9H10N4O/c1-6-7(2)13-4-8(10-5-14)12(3)9(13)11-6/h4H,1-3H3. The average molecular weight is 190 g/mol. The van der Waals surface area contributed by atoms with Crippen molar-refractivity contribution in [2.75, 3.05) is 0 Å². The number of isocyanates is 1. The Bertz CT molecular complexity index is 543. The Morgan fingerprint density at radius 1 is 1.50 bits per heavy atom. The van der Waals surface area contributed by atoms with E-state index >= 15 is 0 Å². The Balaban J connectivity index is 2.82. The van der Waals surface area contributed by atoms with Crippen LogP contribution < -0.4 is 0 Å². The number of nitrogens with zero attached hydrogens (tertiary/aromatic N) is 4. The van der Waals surface area contributed by atoms with Crippen molar-refractivity contribution < 1.29 is 4.79 Å². The molecule has 2 rings (SSSR count). The van der Waals surface area contributed by atoms with Gasteiger partial charge in [0, 0.05) is 12.7 Å². The molecule has 72 valence electrons. The minimum absolute atomic E-state index is 0.561. The van der Waals surface area contributed by atoms with E-state index < -0.39 is 0 Å². The molecule has 0 atom stereocenters. The van der Waals surface area contributed by atoms with Gasteiger partial charge in [-0.15, -0.1) is 4.99 Å². The van der Waals surface area contributed by atoms with E-state index in [1.54, 1.807) is 10.8 Å². The predicted octanol–water partition coefficient (Wildman–Crippen LogP) is 1.26. The quantitative estimate of drug-likeness (QED) is 0.502. The van der Waals surface area contributed by atoms with Crippen molar-refractivity contribution in [2.24, 2.45) is 12.0 Å². The topological polar surface area (TPSA) is 51.7 Å². The number of rotatable bonds is 1. The van der Waals surface area contributed by atoms with Crippen LogP contribution in [0.2, 0.25) is 0 Å². The summed E-state index contributed by atoms with van der Waals surface area (Å²) in [5, 5.41) is 0. The SMILES string of the molecule is Cc1nc2n(C)c(N=C=O)cn2c1C. The Morgan fingerprint density at radius 3 is 2.79 bits per heavy atom. The van der Waals surface area contributed by atoms with Crippen molar-refractivity contribution in [3.05, 3.63) is 17.6 Å². The van der Waals surface area contributed by atoms with Gasteiger partial charge in [-0.2, -0.15) is 0 Å². The van der Waals surface area contributed by atoms with Crippen molar-refractivity contribution >= 4 is 17.7 Å². The van der Waals surface area contributed by atoms with Crippen molar-refractivity contribution in [1.29, 1.82) is 0 Å². The first kappa shape index (κ1) is 8.72. The summed E-state index contributed by atoms with van der Waals surface area (Å²) in [6, 6.07) is 0. The Hall–Kier alpha value is -1.87. The maximum atomic E-state index is 10.1. The lowest BCUT2D eigenvalue weighted by Crippen LogP contribution is -1.88. The molecule has 0 amide bonds. The van der Waals surface area contributed by atoms with Gasteiger partial charge in [-0.05, 0) is 13.8 Å². The lowest BCUT2D eigenvalue weighted by Gasteiger charge is -1.91. The molecule has 5 nitrogen and oxygen atoms in total. The molecule has 0 aliphatic heterocycles. The molecular weight excluding hydrogens is 180 g/mol. The van der Waals surface area contributed by atoms with E-state index in [0.717, 1.165) is 17.2 Å². The smallest absolute Gasteiger partial charge is 0.242 e. The predicted molar refractivity (Wildman–Crippen MR) is 51.4 cm³/mol. The van der Waals surface area contributed by atoms with Crippen molar-refractivity contribution in [3.63, 3.8) is 0 Å². The molecule has 0 unspecified atom stereocenters. The van der Waals surface area contributed by atoms with Crippen molar-refractivity contribution in [3.8, 4) is 0 Å². The highest BCUT2D eigenvalue weighted by Gasteiger charge is 2.10. The van der Waals surface area contributed by atoms with E-state index in [2.05, 4.69) is 9.98 Å². The van der Waals surface area contributed by atoms with Crippen molar-refractivity contribution in [2.45, 2.75) is 13.8 Å². The molecule has 0 N–H and O–H groups in total. The molecule has 0 bridgehead atoms. The number of aromatic nitrogens is 3. The Labute approximate surface area is 80.7 Å². The molecule has 2 heterocycles. The Morgan fingerprint density at radius 2 is 2.21 bits per heavy atom. The van der Waals surface area contributed by atoms with Gasteiger partial charge < -0.3 is 0 Å². The van der Waals surface area contributed by atoms with Gasteiger partial charge in [0.1, 0.15) is 0 Å². The summed E-state index contributed by atoms with van der Waals surface area (Å²) in [6.07, 6.45) is 3.30. The van der Waals surface area contributed by atoms with Crippen LogP contribution in [0.1, 0.15) is 11.4 Å². The van der Waals surface area contributed by atoms with E-state index in [9.17, 15) is 4.79 Å². The third-order valence-electron chi connectivity index (χ3n) is 2.42. The van der Waals surface area contributed by atoms with Gasteiger partial charge in [-0.25, -0.2) is 9.78 Å². The minimum atomic E-state index is 0.561. The molecule has 0 spiro atoms. The maximum absolute atomic E-state index is 10.1. The van der Waals surface area contributed by atoms with E-state index in [0.29, 0.717) is 5.82 Å². The van der Waals surface area contributed by atoms with E-state index in [-0.39, 0.29) is 0 Å². The van der Waals surface area contributed by atoms with Gasteiger partial charge >= 0.3 is 0 Å². The summed E-state index contributed by atoms with van der Waals surface area (Å²) in [5.41, 5.74) is 2.04. The van der Waals surface area contributed by atoms with Gasteiger partial charge in [0.15, 0.2) is 5.82 Å². The molecule has 2 aromatic rings.